The van der Waals surface area contributed by atoms with E-state index >= 15 is 0 Å². The predicted octanol–water partition coefficient (Wildman–Crippen LogP) is 5.59. The number of urea groups is 1. The SMILES string of the molecule is Cc1cc(C(c2cccc(C(F)(F)F)c2)N2CCN(C(=O)Nc3ccccc3)CC2)c(C)[nH]1. The highest BCUT2D eigenvalue weighted by Crippen LogP contribution is 2.36. The molecule has 174 valence electrons. The van der Waals surface area contributed by atoms with Crippen LogP contribution in [0, 0.1) is 13.8 Å². The van der Waals surface area contributed by atoms with Gasteiger partial charge in [-0.15, -0.1) is 0 Å². The molecule has 0 spiro atoms. The summed E-state index contributed by atoms with van der Waals surface area (Å²) in [6, 6.07) is 16.3. The number of carbonyl (C=O) groups is 1. The van der Waals surface area contributed by atoms with E-state index in [1.54, 1.807) is 11.0 Å². The Morgan fingerprint density at radius 2 is 1.67 bits per heavy atom. The average molecular weight is 457 g/mol. The number of para-hydroxylation sites is 1. The van der Waals surface area contributed by atoms with Gasteiger partial charge in [-0.05, 0) is 55.3 Å². The van der Waals surface area contributed by atoms with Crippen molar-refractivity contribution in [3.8, 4) is 0 Å². The van der Waals surface area contributed by atoms with Gasteiger partial charge >= 0.3 is 12.2 Å². The van der Waals surface area contributed by atoms with Crippen LogP contribution in [0.25, 0.3) is 0 Å². The molecule has 0 aliphatic carbocycles. The largest absolute Gasteiger partial charge is 0.416 e. The molecule has 4 rings (SSSR count). The number of H-pyrrole nitrogens is 1. The van der Waals surface area contributed by atoms with Gasteiger partial charge in [-0.3, -0.25) is 4.90 Å². The fourth-order valence-electron chi connectivity index (χ4n) is 4.41. The van der Waals surface area contributed by atoms with Crippen LogP contribution in [0.15, 0.2) is 60.7 Å². The van der Waals surface area contributed by atoms with Crippen LogP contribution in [-0.4, -0.2) is 47.0 Å². The summed E-state index contributed by atoms with van der Waals surface area (Å²) in [5.74, 6) is 0. The van der Waals surface area contributed by atoms with Gasteiger partial charge in [0, 0.05) is 43.3 Å². The van der Waals surface area contributed by atoms with Crippen molar-refractivity contribution in [2.75, 3.05) is 31.5 Å². The lowest BCUT2D eigenvalue weighted by Gasteiger charge is -2.39. The summed E-state index contributed by atoms with van der Waals surface area (Å²) >= 11 is 0. The lowest BCUT2D eigenvalue weighted by atomic mass is 9.95. The van der Waals surface area contributed by atoms with Gasteiger partial charge in [0.05, 0.1) is 11.6 Å². The number of benzene rings is 2. The van der Waals surface area contributed by atoms with E-state index in [1.165, 1.54) is 12.1 Å². The van der Waals surface area contributed by atoms with Crippen molar-refractivity contribution < 1.29 is 18.0 Å². The van der Waals surface area contributed by atoms with E-state index in [0.717, 1.165) is 28.7 Å². The molecule has 1 atom stereocenters. The third kappa shape index (κ3) is 5.22. The molecular formula is C25H27F3N4O. The van der Waals surface area contributed by atoms with Gasteiger partial charge in [-0.2, -0.15) is 13.2 Å². The molecule has 0 bridgehead atoms. The second-order valence-electron chi connectivity index (χ2n) is 8.38. The molecule has 2 N–H and O–H groups in total. The Morgan fingerprint density at radius 3 is 2.27 bits per heavy atom. The van der Waals surface area contributed by atoms with Gasteiger partial charge in [0.2, 0.25) is 0 Å². The summed E-state index contributed by atoms with van der Waals surface area (Å²) in [4.78, 5) is 19.8. The van der Waals surface area contributed by atoms with Gasteiger partial charge < -0.3 is 15.2 Å². The van der Waals surface area contributed by atoms with Crippen molar-refractivity contribution in [1.29, 1.82) is 0 Å². The van der Waals surface area contributed by atoms with E-state index in [2.05, 4.69) is 15.2 Å². The molecule has 1 aliphatic heterocycles. The maximum atomic E-state index is 13.4. The summed E-state index contributed by atoms with van der Waals surface area (Å²) in [7, 11) is 0. The Labute approximate surface area is 191 Å². The Bertz CT molecular complexity index is 1100. The van der Waals surface area contributed by atoms with Crippen LogP contribution in [0.4, 0.5) is 23.7 Å². The van der Waals surface area contributed by atoms with Crippen LogP contribution in [0.3, 0.4) is 0 Å². The first-order valence-electron chi connectivity index (χ1n) is 10.9. The summed E-state index contributed by atoms with van der Waals surface area (Å²) < 4.78 is 40.2. The molecule has 2 amide bonds. The number of aromatic nitrogens is 1. The first kappa shape index (κ1) is 22.9. The molecule has 1 aromatic heterocycles. The molecule has 1 aliphatic rings. The fourth-order valence-corrected chi connectivity index (χ4v) is 4.41. The molecule has 33 heavy (non-hydrogen) atoms. The highest BCUT2D eigenvalue weighted by Gasteiger charge is 2.34. The monoisotopic (exact) mass is 456 g/mol. The van der Waals surface area contributed by atoms with Crippen LogP contribution in [0.2, 0.25) is 0 Å². The maximum Gasteiger partial charge on any atom is 0.416 e. The van der Waals surface area contributed by atoms with Crippen LogP contribution in [-0.2, 0) is 6.18 Å². The summed E-state index contributed by atoms with van der Waals surface area (Å²) in [6.07, 6.45) is -4.40. The van der Waals surface area contributed by atoms with Gasteiger partial charge in [0.25, 0.3) is 0 Å². The quantitative estimate of drug-likeness (QED) is 0.538. The van der Waals surface area contributed by atoms with Gasteiger partial charge in [-0.1, -0.05) is 30.3 Å². The van der Waals surface area contributed by atoms with Crippen molar-refractivity contribution in [1.82, 2.24) is 14.8 Å². The maximum absolute atomic E-state index is 13.4. The standard InChI is InChI=1S/C25H27F3N4O/c1-17-15-22(18(2)29-17)23(19-7-6-8-20(16-19)25(26,27)28)31-11-13-32(14-12-31)24(33)30-21-9-4-3-5-10-21/h3-10,15-16,23,29H,11-14H2,1-2H3,(H,30,33). The summed E-state index contributed by atoms with van der Waals surface area (Å²) in [5, 5.41) is 2.89. The highest BCUT2D eigenvalue weighted by molar-refractivity contribution is 5.89. The average Bonchev–Trinajstić information content (AvgIpc) is 3.12. The number of aromatic amines is 1. The minimum atomic E-state index is -4.40. The third-order valence-electron chi connectivity index (χ3n) is 6.01. The van der Waals surface area contributed by atoms with Crippen molar-refractivity contribution in [2.45, 2.75) is 26.1 Å². The normalized spacial score (nSPS) is 16.0. The number of nitrogens with one attached hydrogen (secondary N) is 2. The predicted molar refractivity (Wildman–Crippen MR) is 122 cm³/mol. The number of rotatable bonds is 4. The van der Waals surface area contributed by atoms with E-state index in [0.29, 0.717) is 31.7 Å². The Hall–Kier alpha value is -3.26. The van der Waals surface area contributed by atoms with Gasteiger partial charge in [0.1, 0.15) is 0 Å². The summed E-state index contributed by atoms with van der Waals surface area (Å²) in [6.45, 7) is 5.94. The van der Waals surface area contributed by atoms with Crippen molar-refractivity contribution in [2.24, 2.45) is 0 Å². The Balaban J connectivity index is 1.55. The number of halogens is 3. The zero-order valence-corrected chi connectivity index (χ0v) is 18.6. The molecule has 1 saturated heterocycles. The molecule has 8 heteroatoms. The number of hydrogen-bond donors (Lipinski definition) is 2. The molecular weight excluding hydrogens is 429 g/mol. The number of anilines is 1. The Kier molecular flexibility index (Phi) is 6.47. The van der Waals surface area contributed by atoms with Crippen LogP contribution >= 0.6 is 0 Å². The van der Waals surface area contributed by atoms with E-state index < -0.39 is 11.7 Å². The zero-order valence-electron chi connectivity index (χ0n) is 18.6. The highest BCUT2D eigenvalue weighted by atomic mass is 19.4. The lowest BCUT2D eigenvalue weighted by Crippen LogP contribution is -2.51. The minimum Gasteiger partial charge on any atom is -0.362 e. The zero-order chi connectivity index (χ0) is 23.6. The number of alkyl halides is 3. The first-order chi connectivity index (χ1) is 15.7. The fraction of sp³-hybridized carbons (Fsp3) is 0.320. The van der Waals surface area contributed by atoms with Crippen LogP contribution < -0.4 is 5.32 Å². The van der Waals surface area contributed by atoms with Crippen molar-refractivity contribution in [3.63, 3.8) is 0 Å². The van der Waals surface area contributed by atoms with E-state index in [1.807, 2.05) is 50.2 Å². The lowest BCUT2D eigenvalue weighted by molar-refractivity contribution is -0.137. The molecule has 0 saturated carbocycles. The van der Waals surface area contributed by atoms with Gasteiger partial charge in [-0.25, -0.2) is 4.79 Å². The first-order valence-corrected chi connectivity index (χ1v) is 10.9. The van der Waals surface area contributed by atoms with E-state index in [4.69, 9.17) is 0 Å². The number of piperazine rings is 1. The van der Waals surface area contributed by atoms with Crippen molar-refractivity contribution >= 4 is 11.7 Å². The van der Waals surface area contributed by atoms with E-state index in [9.17, 15) is 18.0 Å². The topological polar surface area (TPSA) is 51.4 Å². The third-order valence-corrected chi connectivity index (χ3v) is 6.01. The van der Waals surface area contributed by atoms with Crippen LogP contribution in [0.5, 0.6) is 0 Å². The number of nitrogens with zero attached hydrogens (tertiary/aromatic N) is 2. The molecule has 1 fully saturated rings. The van der Waals surface area contributed by atoms with E-state index in [-0.39, 0.29) is 12.1 Å². The molecule has 2 heterocycles. The number of amides is 2. The number of hydrogen-bond acceptors (Lipinski definition) is 2. The second kappa shape index (κ2) is 9.31. The minimum absolute atomic E-state index is 0.176. The molecule has 5 nitrogen and oxygen atoms in total. The Morgan fingerprint density at radius 1 is 0.970 bits per heavy atom. The number of carbonyl (C=O) groups excluding carboxylic acids is 1. The molecule has 3 aromatic rings. The van der Waals surface area contributed by atoms with Crippen LogP contribution in [0.1, 0.15) is 34.1 Å². The number of aryl methyl sites for hydroxylation is 2. The molecule has 2 aromatic carbocycles. The second-order valence-corrected chi connectivity index (χ2v) is 8.38. The van der Waals surface area contributed by atoms with Crippen molar-refractivity contribution in [3.05, 3.63) is 88.7 Å². The summed E-state index contributed by atoms with van der Waals surface area (Å²) in [5.41, 5.74) is 3.50. The molecule has 1 unspecified atom stereocenters. The smallest absolute Gasteiger partial charge is 0.362 e. The molecule has 0 radical (unpaired) electrons. The van der Waals surface area contributed by atoms with Gasteiger partial charge in [0.15, 0.2) is 0 Å².